The zero-order valence-corrected chi connectivity index (χ0v) is 10.1. The highest BCUT2D eigenvalue weighted by molar-refractivity contribution is 5.50. The highest BCUT2D eigenvalue weighted by Gasteiger charge is 2.39. The van der Waals surface area contributed by atoms with Crippen molar-refractivity contribution < 1.29 is 13.2 Å². The number of nitrogens with zero attached hydrogens (tertiary/aromatic N) is 2. The van der Waals surface area contributed by atoms with E-state index in [4.69, 9.17) is 5.73 Å². The van der Waals surface area contributed by atoms with Crippen LogP contribution in [0, 0.1) is 0 Å². The van der Waals surface area contributed by atoms with E-state index in [1.165, 1.54) is 11.1 Å². The number of alkyl halides is 3. The van der Waals surface area contributed by atoms with Gasteiger partial charge in [0.25, 0.3) is 0 Å². The molecule has 0 spiro atoms. The van der Waals surface area contributed by atoms with Crippen molar-refractivity contribution >= 4 is 5.82 Å². The number of aromatic nitrogens is 1. The molecule has 1 fully saturated rings. The van der Waals surface area contributed by atoms with Gasteiger partial charge in [0.1, 0.15) is 12.4 Å². The normalized spacial score (nSPS) is 17.6. The van der Waals surface area contributed by atoms with Crippen LogP contribution in [0.15, 0.2) is 18.3 Å². The molecule has 2 rings (SSSR count). The average Bonchev–Trinajstić information content (AvgIpc) is 3.08. The average molecular weight is 259 g/mol. The number of anilines is 1. The van der Waals surface area contributed by atoms with Crippen molar-refractivity contribution in [2.24, 2.45) is 5.73 Å². The SMILES string of the molecule is CC(N)c1cccnc1N(CC(F)(F)F)C1CC1. The van der Waals surface area contributed by atoms with Gasteiger partial charge in [-0.25, -0.2) is 4.98 Å². The Hall–Kier alpha value is -1.30. The third-order valence-electron chi connectivity index (χ3n) is 2.92. The topological polar surface area (TPSA) is 42.1 Å². The van der Waals surface area contributed by atoms with Gasteiger partial charge in [-0.15, -0.1) is 0 Å². The van der Waals surface area contributed by atoms with Crippen LogP contribution in [0.2, 0.25) is 0 Å². The molecule has 3 nitrogen and oxygen atoms in total. The second kappa shape index (κ2) is 4.76. The monoisotopic (exact) mass is 259 g/mol. The summed E-state index contributed by atoms with van der Waals surface area (Å²) in [6.07, 6.45) is -1.15. The van der Waals surface area contributed by atoms with Crippen molar-refractivity contribution in [2.45, 2.75) is 38.0 Å². The molecular formula is C12H16F3N3. The van der Waals surface area contributed by atoms with Crippen molar-refractivity contribution in [3.05, 3.63) is 23.9 Å². The maximum atomic E-state index is 12.6. The highest BCUT2D eigenvalue weighted by Crippen LogP contribution is 2.35. The van der Waals surface area contributed by atoms with Crippen LogP contribution in [0.5, 0.6) is 0 Å². The molecule has 6 heteroatoms. The van der Waals surface area contributed by atoms with Crippen LogP contribution < -0.4 is 10.6 Å². The Balaban J connectivity index is 2.31. The van der Waals surface area contributed by atoms with Gasteiger partial charge in [0.2, 0.25) is 0 Å². The Labute approximate surface area is 104 Å². The molecule has 2 N–H and O–H groups in total. The quantitative estimate of drug-likeness (QED) is 0.903. The van der Waals surface area contributed by atoms with Gasteiger partial charge in [-0.3, -0.25) is 0 Å². The first-order valence-electron chi connectivity index (χ1n) is 5.92. The third kappa shape index (κ3) is 3.13. The Bertz CT molecular complexity index is 413. The summed E-state index contributed by atoms with van der Waals surface area (Å²) in [6, 6.07) is 3.04. The molecule has 0 saturated heterocycles. The zero-order valence-electron chi connectivity index (χ0n) is 10.1. The molecule has 1 aromatic rings. The number of pyridine rings is 1. The van der Waals surface area contributed by atoms with Gasteiger partial charge in [0, 0.05) is 23.8 Å². The molecule has 0 aliphatic heterocycles. The summed E-state index contributed by atoms with van der Waals surface area (Å²) in [5, 5.41) is 0. The molecule has 100 valence electrons. The molecule has 1 unspecified atom stereocenters. The van der Waals surface area contributed by atoms with Crippen molar-refractivity contribution in [1.29, 1.82) is 0 Å². The summed E-state index contributed by atoms with van der Waals surface area (Å²) in [7, 11) is 0. The summed E-state index contributed by atoms with van der Waals surface area (Å²) in [6.45, 7) is 0.785. The Morgan fingerprint density at radius 2 is 2.17 bits per heavy atom. The number of rotatable bonds is 4. The lowest BCUT2D eigenvalue weighted by Crippen LogP contribution is -2.37. The van der Waals surface area contributed by atoms with E-state index in [-0.39, 0.29) is 12.1 Å². The molecule has 1 saturated carbocycles. The van der Waals surface area contributed by atoms with Crippen LogP contribution in [0.25, 0.3) is 0 Å². The van der Waals surface area contributed by atoms with Crippen LogP contribution in [0.3, 0.4) is 0 Å². The van der Waals surface area contributed by atoms with Crippen molar-refractivity contribution in [3.63, 3.8) is 0 Å². The van der Waals surface area contributed by atoms with Crippen molar-refractivity contribution in [1.82, 2.24) is 4.98 Å². The Morgan fingerprint density at radius 3 is 2.67 bits per heavy atom. The number of nitrogens with two attached hydrogens (primary N) is 1. The van der Waals surface area contributed by atoms with E-state index in [1.807, 2.05) is 0 Å². The largest absolute Gasteiger partial charge is 0.405 e. The number of halogens is 3. The predicted octanol–water partition coefficient (Wildman–Crippen LogP) is 2.63. The van der Waals surface area contributed by atoms with Gasteiger partial charge in [-0.2, -0.15) is 13.2 Å². The standard InChI is InChI=1S/C12H16F3N3/c1-8(16)10-3-2-6-17-11(10)18(9-4-5-9)7-12(13,14)15/h2-3,6,8-9H,4-5,7,16H2,1H3. The molecule has 0 bridgehead atoms. The number of hydrogen-bond acceptors (Lipinski definition) is 3. The molecule has 1 aliphatic rings. The summed E-state index contributed by atoms with van der Waals surface area (Å²) in [5.74, 6) is 0.368. The van der Waals surface area contributed by atoms with Gasteiger partial charge in [0.15, 0.2) is 0 Å². The smallest absolute Gasteiger partial charge is 0.344 e. The molecule has 0 radical (unpaired) electrons. The molecular weight excluding hydrogens is 243 g/mol. The van der Waals surface area contributed by atoms with Crippen LogP contribution in [0.4, 0.5) is 19.0 Å². The van der Waals surface area contributed by atoms with Gasteiger partial charge in [-0.05, 0) is 25.8 Å². The first kappa shape index (κ1) is 13.1. The second-order valence-electron chi connectivity index (χ2n) is 4.68. The van der Waals surface area contributed by atoms with Gasteiger partial charge >= 0.3 is 6.18 Å². The lowest BCUT2D eigenvalue weighted by molar-refractivity contribution is -0.120. The lowest BCUT2D eigenvalue weighted by Gasteiger charge is -2.27. The minimum atomic E-state index is -4.23. The molecule has 1 heterocycles. The zero-order chi connectivity index (χ0) is 13.3. The summed E-state index contributed by atoms with van der Waals surface area (Å²) in [4.78, 5) is 5.42. The molecule has 1 aliphatic carbocycles. The van der Waals surface area contributed by atoms with E-state index in [1.54, 1.807) is 19.1 Å². The van der Waals surface area contributed by atoms with Gasteiger partial charge < -0.3 is 10.6 Å². The first-order valence-corrected chi connectivity index (χ1v) is 5.92. The second-order valence-corrected chi connectivity index (χ2v) is 4.68. The van der Waals surface area contributed by atoms with Crippen molar-refractivity contribution in [2.75, 3.05) is 11.4 Å². The Kier molecular flexibility index (Phi) is 3.47. The van der Waals surface area contributed by atoms with E-state index in [2.05, 4.69) is 4.98 Å². The number of hydrogen-bond donors (Lipinski definition) is 1. The van der Waals surface area contributed by atoms with Crippen LogP contribution >= 0.6 is 0 Å². The Morgan fingerprint density at radius 1 is 1.50 bits per heavy atom. The van der Waals surface area contributed by atoms with E-state index in [0.717, 1.165) is 12.8 Å². The molecule has 0 amide bonds. The van der Waals surface area contributed by atoms with Crippen molar-refractivity contribution in [3.8, 4) is 0 Å². The summed E-state index contributed by atoms with van der Waals surface area (Å²) >= 11 is 0. The fourth-order valence-corrected chi connectivity index (χ4v) is 1.96. The van der Waals surface area contributed by atoms with E-state index in [9.17, 15) is 13.2 Å². The van der Waals surface area contributed by atoms with Crippen LogP contribution in [0.1, 0.15) is 31.4 Å². The molecule has 1 aromatic heterocycles. The predicted molar refractivity (Wildman–Crippen MR) is 63.3 cm³/mol. The maximum absolute atomic E-state index is 12.6. The minimum Gasteiger partial charge on any atom is -0.344 e. The molecule has 0 aromatic carbocycles. The fraction of sp³-hybridized carbons (Fsp3) is 0.583. The van der Waals surface area contributed by atoms with Gasteiger partial charge in [0.05, 0.1) is 0 Å². The minimum absolute atomic E-state index is 0.0565. The third-order valence-corrected chi connectivity index (χ3v) is 2.92. The van der Waals surface area contributed by atoms with Crippen LogP contribution in [-0.2, 0) is 0 Å². The molecule has 18 heavy (non-hydrogen) atoms. The fourth-order valence-electron chi connectivity index (χ4n) is 1.96. The lowest BCUT2D eigenvalue weighted by atomic mass is 10.1. The maximum Gasteiger partial charge on any atom is 0.405 e. The summed E-state index contributed by atoms with van der Waals surface area (Å²) in [5.41, 5.74) is 6.45. The van der Waals surface area contributed by atoms with Crippen LogP contribution in [-0.4, -0.2) is 23.7 Å². The first-order chi connectivity index (χ1) is 8.38. The molecule has 1 atom stereocenters. The van der Waals surface area contributed by atoms with E-state index < -0.39 is 12.7 Å². The van der Waals surface area contributed by atoms with Gasteiger partial charge in [-0.1, -0.05) is 6.07 Å². The highest BCUT2D eigenvalue weighted by atomic mass is 19.4. The van der Waals surface area contributed by atoms with E-state index >= 15 is 0 Å². The summed E-state index contributed by atoms with van der Waals surface area (Å²) < 4.78 is 37.8. The van der Waals surface area contributed by atoms with E-state index in [0.29, 0.717) is 11.4 Å².